The molecule has 2 rings (SSSR count). The minimum absolute atomic E-state index is 0.0284. The van der Waals surface area contributed by atoms with Gasteiger partial charge >= 0.3 is 5.70 Å². The second kappa shape index (κ2) is 6.68. The topological polar surface area (TPSA) is 128 Å². The number of nitrogen functional groups attached to an aromatic ring is 1. The summed E-state index contributed by atoms with van der Waals surface area (Å²) in [6.07, 6.45) is 1.22. The number of aliphatic imine (C=N–C) groups is 1. The molecule has 0 aromatic heterocycles. The number of hydrogen-bond acceptors (Lipinski definition) is 6. The second-order valence-electron chi connectivity index (χ2n) is 5.81. The van der Waals surface area contributed by atoms with Crippen LogP contribution >= 0.6 is 0 Å². The molecule has 1 aromatic rings. The van der Waals surface area contributed by atoms with Crippen LogP contribution in [0, 0.1) is 24.0 Å². The Morgan fingerprint density at radius 3 is 2.44 bits per heavy atom. The average Bonchev–Trinajstić information content (AvgIpc) is 2.48. The molecule has 3 N–H and O–H groups in total. The third kappa shape index (κ3) is 3.63. The van der Waals surface area contributed by atoms with E-state index in [0.29, 0.717) is 16.9 Å². The summed E-state index contributed by atoms with van der Waals surface area (Å²) < 4.78 is 0. The highest BCUT2D eigenvalue weighted by Crippen LogP contribution is 2.28. The molecule has 8 heteroatoms. The summed E-state index contributed by atoms with van der Waals surface area (Å²) >= 11 is 0. The largest absolute Gasteiger partial charge is 0.399 e. The Kier molecular flexibility index (Phi) is 4.82. The highest BCUT2D eigenvalue weighted by atomic mass is 16.6. The van der Waals surface area contributed by atoms with Gasteiger partial charge in [0.2, 0.25) is 11.7 Å². The lowest BCUT2D eigenvalue weighted by Crippen LogP contribution is -2.33. The molecular formula is C17H18N4O4. The van der Waals surface area contributed by atoms with Crippen LogP contribution in [0.1, 0.15) is 25.0 Å². The number of nitro groups is 1. The van der Waals surface area contributed by atoms with E-state index >= 15 is 0 Å². The van der Waals surface area contributed by atoms with Crippen molar-refractivity contribution < 1.29 is 14.5 Å². The van der Waals surface area contributed by atoms with Crippen molar-refractivity contribution in [2.75, 3.05) is 5.73 Å². The molecule has 0 fully saturated rings. The van der Waals surface area contributed by atoms with Crippen molar-refractivity contribution in [2.45, 2.75) is 27.7 Å². The highest BCUT2D eigenvalue weighted by Gasteiger charge is 2.35. The van der Waals surface area contributed by atoms with Crippen LogP contribution in [0.15, 0.2) is 40.2 Å². The molecule has 130 valence electrons. The van der Waals surface area contributed by atoms with Crippen LogP contribution in [0.25, 0.3) is 0 Å². The number of rotatable bonds is 3. The first-order chi connectivity index (χ1) is 11.6. The number of hydrogen-bond donors (Lipinski definition) is 2. The molecule has 0 bridgehead atoms. The van der Waals surface area contributed by atoms with Gasteiger partial charge in [-0.2, -0.15) is 0 Å². The van der Waals surface area contributed by atoms with Crippen molar-refractivity contribution in [1.82, 2.24) is 5.32 Å². The van der Waals surface area contributed by atoms with Gasteiger partial charge in [-0.1, -0.05) is 0 Å². The van der Waals surface area contributed by atoms with Crippen LogP contribution < -0.4 is 11.1 Å². The van der Waals surface area contributed by atoms with Crippen LogP contribution in [0.3, 0.4) is 0 Å². The maximum Gasteiger partial charge on any atom is 0.322 e. The lowest BCUT2D eigenvalue weighted by atomic mass is 9.97. The zero-order valence-electron chi connectivity index (χ0n) is 14.3. The smallest absolute Gasteiger partial charge is 0.322 e. The number of carbonyl (C=O) groups excluding carboxylic acids is 2. The van der Waals surface area contributed by atoms with Gasteiger partial charge in [0.15, 0.2) is 5.70 Å². The second-order valence-corrected chi connectivity index (χ2v) is 5.81. The molecule has 0 heterocycles. The van der Waals surface area contributed by atoms with Crippen LogP contribution in [0.5, 0.6) is 0 Å². The summed E-state index contributed by atoms with van der Waals surface area (Å²) in [5.41, 5.74) is 7.95. The Hall–Kier alpha value is -3.29. The zero-order chi connectivity index (χ0) is 18.9. The molecule has 0 atom stereocenters. The summed E-state index contributed by atoms with van der Waals surface area (Å²) in [4.78, 5) is 38.6. The third-order valence-corrected chi connectivity index (χ3v) is 3.73. The molecular weight excluding hydrogens is 324 g/mol. The van der Waals surface area contributed by atoms with E-state index in [1.807, 2.05) is 0 Å². The monoisotopic (exact) mass is 342 g/mol. The number of allylic oxidation sites excluding steroid dienone is 2. The number of nitrogens with zero attached hydrogens (tertiary/aromatic N) is 2. The number of carbonyl (C=O) groups is 2. The van der Waals surface area contributed by atoms with Crippen molar-refractivity contribution in [3.8, 4) is 0 Å². The molecule has 0 unspecified atom stereocenters. The standard InChI is InChI=1S/C17H18N4O4/c1-8-6-13(9(2)5-12(8)18)20-15-10(3)7-14(23)16(19-11(4)22)17(15)21(24)25/h5-7H,18H2,1-4H3,(H,19,22). The fraction of sp³-hybridized carbons (Fsp3) is 0.235. The molecule has 1 aromatic carbocycles. The Morgan fingerprint density at radius 1 is 1.24 bits per heavy atom. The van der Waals surface area contributed by atoms with E-state index < -0.39 is 22.3 Å². The van der Waals surface area contributed by atoms with Gasteiger partial charge < -0.3 is 11.1 Å². The van der Waals surface area contributed by atoms with Crippen molar-refractivity contribution in [1.29, 1.82) is 0 Å². The van der Waals surface area contributed by atoms with Gasteiger partial charge in [-0.15, -0.1) is 0 Å². The van der Waals surface area contributed by atoms with E-state index in [2.05, 4.69) is 10.3 Å². The summed E-state index contributed by atoms with van der Waals surface area (Å²) in [5, 5.41) is 13.8. The number of benzene rings is 1. The zero-order valence-corrected chi connectivity index (χ0v) is 14.3. The van der Waals surface area contributed by atoms with Gasteiger partial charge in [0, 0.05) is 12.6 Å². The van der Waals surface area contributed by atoms with Crippen LogP contribution in [-0.4, -0.2) is 22.3 Å². The third-order valence-electron chi connectivity index (χ3n) is 3.73. The van der Waals surface area contributed by atoms with Gasteiger partial charge in [-0.25, -0.2) is 4.99 Å². The first-order valence-electron chi connectivity index (χ1n) is 7.46. The summed E-state index contributed by atoms with van der Waals surface area (Å²) in [6, 6.07) is 3.45. The van der Waals surface area contributed by atoms with Crippen LogP contribution in [0.2, 0.25) is 0 Å². The van der Waals surface area contributed by atoms with Gasteiger partial charge in [0.1, 0.15) is 5.71 Å². The maximum atomic E-state index is 12.1. The minimum atomic E-state index is -0.710. The minimum Gasteiger partial charge on any atom is -0.399 e. The van der Waals surface area contributed by atoms with E-state index in [1.165, 1.54) is 13.0 Å². The molecule has 0 spiro atoms. The van der Waals surface area contributed by atoms with Crippen molar-refractivity contribution in [2.24, 2.45) is 4.99 Å². The Labute approximate surface area is 144 Å². The quantitative estimate of drug-likeness (QED) is 0.376. The SMILES string of the molecule is CC(=O)NC1=C([N+](=O)[O-])C(=Nc2cc(C)c(N)cc2C)C(C)=CC1=O. The number of nitrogens with one attached hydrogen (secondary N) is 1. The first-order valence-corrected chi connectivity index (χ1v) is 7.46. The number of anilines is 1. The summed E-state index contributed by atoms with van der Waals surface area (Å²) in [6.45, 7) is 6.32. The Balaban J connectivity index is 2.72. The molecule has 0 saturated heterocycles. The first kappa shape index (κ1) is 18.1. The molecule has 1 amide bonds. The lowest BCUT2D eigenvalue weighted by Gasteiger charge is -2.15. The maximum absolute atomic E-state index is 12.1. The molecule has 25 heavy (non-hydrogen) atoms. The van der Waals surface area contributed by atoms with Gasteiger partial charge in [-0.3, -0.25) is 19.7 Å². The van der Waals surface area contributed by atoms with E-state index in [4.69, 9.17) is 5.73 Å². The lowest BCUT2D eigenvalue weighted by molar-refractivity contribution is -0.416. The number of ketones is 1. The van der Waals surface area contributed by atoms with E-state index in [0.717, 1.165) is 11.1 Å². The molecule has 8 nitrogen and oxygen atoms in total. The summed E-state index contributed by atoms with van der Waals surface area (Å²) in [5.74, 6) is -1.21. The average molecular weight is 342 g/mol. The van der Waals surface area contributed by atoms with E-state index in [9.17, 15) is 19.7 Å². The van der Waals surface area contributed by atoms with Crippen LogP contribution in [0.4, 0.5) is 11.4 Å². The summed E-state index contributed by atoms with van der Waals surface area (Å²) in [7, 11) is 0. The van der Waals surface area contributed by atoms with E-state index in [1.54, 1.807) is 32.9 Å². The number of amides is 1. The Bertz CT molecular complexity index is 894. The predicted octanol–water partition coefficient (Wildman–Crippen LogP) is 2.11. The normalized spacial score (nSPS) is 16.1. The number of aryl methyl sites for hydroxylation is 2. The molecule has 1 aliphatic rings. The fourth-order valence-corrected chi connectivity index (χ4v) is 2.44. The van der Waals surface area contributed by atoms with Gasteiger partial charge in [0.25, 0.3) is 0 Å². The highest BCUT2D eigenvalue weighted by molar-refractivity contribution is 6.24. The van der Waals surface area contributed by atoms with Gasteiger partial charge in [0.05, 0.1) is 10.6 Å². The Morgan fingerprint density at radius 2 is 1.88 bits per heavy atom. The molecule has 1 aliphatic carbocycles. The number of nitrogens with two attached hydrogens (primary N) is 1. The van der Waals surface area contributed by atoms with Crippen molar-refractivity contribution in [3.63, 3.8) is 0 Å². The van der Waals surface area contributed by atoms with Crippen molar-refractivity contribution in [3.05, 3.63) is 56.4 Å². The van der Waals surface area contributed by atoms with E-state index in [-0.39, 0.29) is 11.4 Å². The van der Waals surface area contributed by atoms with Gasteiger partial charge in [-0.05, 0) is 55.7 Å². The molecule has 0 radical (unpaired) electrons. The fourth-order valence-electron chi connectivity index (χ4n) is 2.44. The molecule has 0 aliphatic heterocycles. The molecule has 0 saturated carbocycles. The van der Waals surface area contributed by atoms with Crippen molar-refractivity contribution >= 4 is 28.8 Å². The van der Waals surface area contributed by atoms with Crippen LogP contribution in [-0.2, 0) is 9.59 Å². The predicted molar refractivity (Wildman–Crippen MR) is 94.0 cm³/mol.